The lowest BCUT2D eigenvalue weighted by molar-refractivity contribution is 0.113. The van der Waals surface area contributed by atoms with Gasteiger partial charge in [-0.05, 0) is 19.3 Å². The first-order valence-corrected chi connectivity index (χ1v) is 7.50. The number of nitrogens with zero attached hydrogens (tertiary/aromatic N) is 5. The number of hydrogen-bond acceptors (Lipinski definition) is 6. The minimum Gasteiger partial charge on any atom is -0.453 e. The van der Waals surface area contributed by atoms with Crippen LogP contribution in [0.3, 0.4) is 0 Å². The van der Waals surface area contributed by atoms with Gasteiger partial charge in [0, 0.05) is 30.9 Å². The molecule has 1 fully saturated rings. The Morgan fingerprint density at radius 2 is 2.23 bits per heavy atom. The molecule has 2 aromatic rings. The topological polar surface area (TPSA) is 84.7 Å². The van der Waals surface area contributed by atoms with E-state index in [0.717, 1.165) is 30.8 Å². The molecule has 3 rings (SSSR count). The van der Waals surface area contributed by atoms with Crippen LogP contribution < -0.4 is 5.32 Å². The number of anilines is 1. The van der Waals surface area contributed by atoms with Crippen molar-refractivity contribution in [1.29, 1.82) is 0 Å². The molecular formula is C14H20N6O2. The second kappa shape index (κ2) is 6.17. The third kappa shape index (κ3) is 2.81. The fraction of sp³-hybridized carbons (Fsp3) is 0.571. The quantitative estimate of drug-likeness (QED) is 0.921. The molecule has 0 bridgehead atoms. The van der Waals surface area contributed by atoms with Crippen LogP contribution in [0.4, 0.5) is 10.6 Å². The summed E-state index contributed by atoms with van der Waals surface area (Å²) in [5, 5.41) is 7.72. The van der Waals surface area contributed by atoms with Crippen LogP contribution in [0.15, 0.2) is 12.4 Å². The third-order valence-corrected chi connectivity index (χ3v) is 3.95. The SMILES string of the molecule is CCc1cc(NC2CCN(C(=O)OC)CC2)n2ncnc2n1. The summed E-state index contributed by atoms with van der Waals surface area (Å²) in [6.07, 6.45) is 3.84. The van der Waals surface area contributed by atoms with Crippen LogP contribution in [-0.2, 0) is 11.2 Å². The van der Waals surface area contributed by atoms with E-state index in [4.69, 9.17) is 4.74 Å². The Morgan fingerprint density at radius 3 is 2.91 bits per heavy atom. The van der Waals surface area contributed by atoms with Gasteiger partial charge in [-0.2, -0.15) is 14.6 Å². The van der Waals surface area contributed by atoms with Crippen molar-refractivity contribution >= 4 is 17.7 Å². The zero-order chi connectivity index (χ0) is 15.5. The van der Waals surface area contributed by atoms with Crippen molar-refractivity contribution in [1.82, 2.24) is 24.5 Å². The number of rotatable bonds is 3. The van der Waals surface area contributed by atoms with Gasteiger partial charge in [-0.3, -0.25) is 0 Å². The first kappa shape index (κ1) is 14.6. The first-order chi connectivity index (χ1) is 10.7. The minimum absolute atomic E-state index is 0.255. The summed E-state index contributed by atoms with van der Waals surface area (Å²) in [6, 6.07) is 2.30. The van der Waals surface area contributed by atoms with Crippen molar-refractivity contribution < 1.29 is 9.53 Å². The van der Waals surface area contributed by atoms with Crippen LogP contribution in [0.2, 0.25) is 0 Å². The number of nitrogens with one attached hydrogen (secondary N) is 1. The number of fused-ring (bicyclic) bond motifs is 1. The molecule has 118 valence electrons. The second-order valence-electron chi connectivity index (χ2n) is 5.33. The monoisotopic (exact) mass is 304 g/mol. The lowest BCUT2D eigenvalue weighted by atomic mass is 10.1. The summed E-state index contributed by atoms with van der Waals surface area (Å²) < 4.78 is 6.47. The summed E-state index contributed by atoms with van der Waals surface area (Å²) in [6.45, 7) is 3.45. The summed E-state index contributed by atoms with van der Waals surface area (Å²) in [5.74, 6) is 1.50. The van der Waals surface area contributed by atoms with E-state index in [2.05, 4.69) is 27.3 Å². The molecule has 2 aromatic heterocycles. The van der Waals surface area contributed by atoms with Crippen molar-refractivity contribution in [3.8, 4) is 0 Å². The van der Waals surface area contributed by atoms with Gasteiger partial charge in [-0.25, -0.2) is 9.78 Å². The van der Waals surface area contributed by atoms with E-state index in [1.54, 1.807) is 9.42 Å². The summed E-state index contributed by atoms with van der Waals surface area (Å²) in [7, 11) is 1.41. The first-order valence-electron chi connectivity index (χ1n) is 7.50. The van der Waals surface area contributed by atoms with Crippen LogP contribution in [0.5, 0.6) is 0 Å². The summed E-state index contributed by atoms with van der Waals surface area (Å²) in [5.41, 5.74) is 0.981. The highest BCUT2D eigenvalue weighted by molar-refractivity contribution is 5.67. The number of likely N-dealkylation sites (tertiary alicyclic amines) is 1. The maximum Gasteiger partial charge on any atom is 0.409 e. The Balaban J connectivity index is 1.72. The van der Waals surface area contributed by atoms with E-state index >= 15 is 0 Å². The van der Waals surface area contributed by atoms with Crippen LogP contribution >= 0.6 is 0 Å². The number of carbonyl (C=O) groups is 1. The highest BCUT2D eigenvalue weighted by Crippen LogP contribution is 2.18. The lowest BCUT2D eigenvalue weighted by Gasteiger charge is -2.31. The zero-order valence-corrected chi connectivity index (χ0v) is 12.8. The Bertz CT molecular complexity index is 662. The summed E-state index contributed by atoms with van der Waals surface area (Å²) >= 11 is 0. The molecule has 1 saturated heterocycles. The third-order valence-electron chi connectivity index (χ3n) is 3.95. The number of hydrogen-bond donors (Lipinski definition) is 1. The average molecular weight is 304 g/mol. The number of carbonyl (C=O) groups excluding carboxylic acids is 1. The maximum atomic E-state index is 11.5. The van der Waals surface area contributed by atoms with Crippen molar-refractivity contribution in [2.45, 2.75) is 32.2 Å². The Labute approximate surface area is 128 Å². The van der Waals surface area contributed by atoms with Crippen LogP contribution in [0.1, 0.15) is 25.5 Å². The molecule has 22 heavy (non-hydrogen) atoms. The molecule has 0 aliphatic carbocycles. The average Bonchev–Trinajstić information content (AvgIpc) is 3.03. The maximum absolute atomic E-state index is 11.5. The Hall–Kier alpha value is -2.38. The Morgan fingerprint density at radius 1 is 1.45 bits per heavy atom. The molecule has 0 aromatic carbocycles. The van der Waals surface area contributed by atoms with E-state index in [9.17, 15) is 4.79 Å². The standard InChI is InChI=1S/C14H20N6O2/c1-3-10-8-12(20-13(18-10)15-9-16-20)17-11-4-6-19(7-5-11)14(21)22-2/h8-9,11,17H,3-7H2,1-2H3. The number of piperidine rings is 1. The molecule has 3 heterocycles. The fourth-order valence-corrected chi connectivity index (χ4v) is 2.69. The second-order valence-corrected chi connectivity index (χ2v) is 5.33. The highest BCUT2D eigenvalue weighted by Gasteiger charge is 2.23. The molecule has 0 unspecified atom stereocenters. The van der Waals surface area contributed by atoms with E-state index in [1.807, 2.05) is 6.07 Å². The molecule has 1 aliphatic heterocycles. The van der Waals surface area contributed by atoms with Gasteiger partial charge in [0.25, 0.3) is 5.78 Å². The van der Waals surface area contributed by atoms with Gasteiger partial charge in [0.1, 0.15) is 12.1 Å². The van der Waals surface area contributed by atoms with E-state index in [0.29, 0.717) is 24.9 Å². The Kier molecular flexibility index (Phi) is 4.08. The molecular weight excluding hydrogens is 284 g/mol. The molecule has 1 N–H and O–H groups in total. The van der Waals surface area contributed by atoms with Crippen LogP contribution in [-0.4, -0.2) is 56.8 Å². The molecule has 1 amide bonds. The fourth-order valence-electron chi connectivity index (χ4n) is 2.69. The number of aromatic nitrogens is 4. The lowest BCUT2D eigenvalue weighted by Crippen LogP contribution is -2.42. The number of amides is 1. The number of ether oxygens (including phenoxy) is 1. The predicted octanol–water partition coefficient (Wildman–Crippen LogP) is 1.33. The van der Waals surface area contributed by atoms with Gasteiger partial charge in [-0.1, -0.05) is 6.92 Å². The van der Waals surface area contributed by atoms with Gasteiger partial charge >= 0.3 is 6.09 Å². The van der Waals surface area contributed by atoms with Crippen molar-refractivity contribution in [3.63, 3.8) is 0 Å². The van der Waals surface area contributed by atoms with Crippen LogP contribution in [0.25, 0.3) is 5.78 Å². The zero-order valence-electron chi connectivity index (χ0n) is 12.8. The van der Waals surface area contributed by atoms with E-state index < -0.39 is 0 Å². The molecule has 0 spiro atoms. The normalized spacial score (nSPS) is 16.0. The molecule has 0 atom stereocenters. The van der Waals surface area contributed by atoms with Gasteiger partial charge < -0.3 is 15.0 Å². The smallest absolute Gasteiger partial charge is 0.409 e. The van der Waals surface area contributed by atoms with Gasteiger partial charge in [0.2, 0.25) is 0 Å². The largest absolute Gasteiger partial charge is 0.453 e. The van der Waals surface area contributed by atoms with Crippen molar-refractivity contribution in [3.05, 3.63) is 18.1 Å². The van der Waals surface area contributed by atoms with E-state index in [1.165, 1.54) is 13.4 Å². The molecule has 8 nitrogen and oxygen atoms in total. The minimum atomic E-state index is -0.255. The molecule has 8 heteroatoms. The molecule has 1 aliphatic rings. The van der Waals surface area contributed by atoms with E-state index in [-0.39, 0.29) is 6.09 Å². The molecule has 0 radical (unpaired) electrons. The predicted molar refractivity (Wildman–Crippen MR) is 80.8 cm³/mol. The number of aryl methyl sites for hydroxylation is 1. The number of methoxy groups -OCH3 is 1. The molecule has 0 saturated carbocycles. The van der Waals surface area contributed by atoms with Gasteiger partial charge in [-0.15, -0.1) is 0 Å². The van der Waals surface area contributed by atoms with Crippen LogP contribution in [0, 0.1) is 0 Å². The van der Waals surface area contributed by atoms with Crippen molar-refractivity contribution in [2.24, 2.45) is 0 Å². The van der Waals surface area contributed by atoms with Gasteiger partial charge in [0.05, 0.1) is 7.11 Å². The van der Waals surface area contributed by atoms with Crippen molar-refractivity contribution in [2.75, 3.05) is 25.5 Å². The van der Waals surface area contributed by atoms with Gasteiger partial charge in [0.15, 0.2) is 0 Å². The summed E-state index contributed by atoms with van der Waals surface area (Å²) in [4.78, 5) is 21.8. The highest BCUT2D eigenvalue weighted by atomic mass is 16.5.